The van der Waals surface area contributed by atoms with Crippen LogP contribution >= 0.6 is 23.4 Å². The number of hydrogen-bond donors (Lipinski definition) is 2. The standard InChI is InChI=1S/C17H17ClN2O3S/c1-9-3-5-13(23-9)10(2)19-16(21)8-15-17(22)20-12-7-11(18)4-6-14(12)24-15/h3-7,10,15H,8H2,1-2H3,(H,19,21)(H,20,22). The highest BCUT2D eigenvalue weighted by atomic mass is 35.5. The van der Waals surface area contributed by atoms with E-state index in [2.05, 4.69) is 10.6 Å². The van der Waals surface area contributed by atoms with Gasteiger partial charge in [-0.1, -0.05) is 11.6 Å². The second-order valence-corrected chi connectivity index (χ2v) is 7.36. The van der Waals surface area contributed by atoms with Gasteiger partial charge in [0, 0.05) is 16.3 Å². The molecule has 24 heavy (non-hydrogen) atoms. The van der Waals surface area contributed by atoms with Crippen molar-refractivity contribution in [1.82, 2.24) is 5.32 Å². The van der Waals surface area contributed by atoms with Crippen LogP contribution in [0.1, 0.15) is 30.9 Å². The first kappa shape index (κ1) is 16.9. The van der Waals surface area contributed by atoms with Crippen molar-refractivity contribution < 1.29 is 14.0 Å². The summed E-state index contributed by atoms with van der Waals surface area (Å²) in [6.07, 6.45) is 0.0998. The predicted molar refractivity (Wildman–Crippen MR) is 94.3 cm³/mol. The largest absolute Gasteiger partial charge is 0.464 e. The first-order valence-electron chi connectivity index (χ1n) is 7.55. The van der Waals surface area contributed by atoms with E-state index in [1.807, 2.05) is 32.0 Å². The van der Waals surface area contributed by atoms with Gasteiger partial charge in [0.25, 0.3) is 0 Å². The number of furan rings is 1. The van der Waals surface area contributed by atoms with Gasteiger partial charge in [-0.3, -0.25) is 9.59 Å². The van der Waals surface area contributed by atoms with Gasteiger partial charge in [0.15, 0.2) is 0 Å². The fourth-order valence-electron chi connectivity index (χ4n) is 2.48. The summed E-state index contributed by atoms with van der Waals surface area (Å²) in [5, 5.41) is 5.76. The number of rotatable bonds is 4. The number of aryl methyl sites for hydroxylation is 1. The molecule has 0 spiro atoms. The fraction of sp³-hybridized carbons (Fsp3) is 0.294. The highest BCUT2D eigenvalue weighted by Gasteiger charge is 2.29. The van der Waals surface area contributed by atoms with E-state index in [9.17, 15) is 9.59 Å². The van der Waals surface area contributed by atoms with Crippen LogP contribution in [0.2, 0.25) is 5.02 Å². The minimum Gasteiger partial charge on any atom is -0.464 e. The molecule has 0 saturated carbocycles. The van der Waals surface area contributed by atoms with Crippen molar-refractivity contribution in [1.29, 1.82) is 0 Å². The zero-order chi connectivity index (χ0) is 17.3. The van der Waals surface area contributed by atoms with Crippen LogP contribution in [-0.2, 0) is 9.59 Å². The normalized spacial score (nSPS) is 17.8. The Hall–Kier alpha value is -1.92. The summed E-state index contributed by atoms with van der Waals surface area (Å²) in [7, 11) is 0. The Morgan fingerprint density at radius 3 is 2.92 bits per heavy atom. The molecule has 2 unspecified atom stereocenters. The van der Waals surface area contributed by atoms with Gasteiger partial charge in [0.2, 0.25) is 11.8 Å². The minimum atomic E-state index is -0.468. The third-order valence-corrected chi connectivity index (χ3v) is 5.21. The van der Waals surface area contributed by atoms with E-state index in [0.717, 1.165) is 10.7 Å². The van der Waals surface area contributed by atoms with Crippen molar-refractivity contribution in [3.05, 3.63) is 46.9 Å². The summed E-state index contributed by atoms with van der Waals surface area (Å²) >= 11 is 7.30. The van der Waals surface area contributed by atoms with Gasteiger partial charge in [-0.25, -0.2) is 0 Å². The van der Waals surface area contributed by atoms with Crippen LogP contribution in [0.5, 0.6) is 0 Å². The first-order valence-corrected chi connectivity index (χ1v) is 8.81. The number of anilines is 1. The van der Waals surface area contributed by atoms with Crippen LogP contribution in [0.25, 0.3) is 0 Å². The number of benzene rings is 1. The number of nitrogens with one attached hydrogen (secondary N) is 2. The average molecular weight is 365 g/mol. The summed E-state index contributed by atoms with van der Waals surface area (Å²) < 4.78 is 5.50. The number of carbonyl (C=O) groups excluding carboxylic acids is 2. The summed E-state index contributed by atoms with van der Waals surface area (Å²) in [6, 6.07) is 8.77. The van der Waals surface area contributed by atoms with Crippen LogP contribution in [-0.4, -0.2) is 17.1 Å². The Morgan fingerprint density at radius 1 is 1.42 bits per heavy atom. The van der Waals surface area contributed by atoms with E-state index in [-0.39, 0.29) is 24.3 Å². The molecular weight excluding hydrogens is 348 g/mol. The van der Waals surface area contributed by atoms with E-state index in [1.165, 1.54) is 11.8 Å². The molecule has 0 fully saturated rings. The number of amides is 2. The highest BCUT2D eigenvalue weighted by molar-refractivity contribution is 8.01. The van der Waals surface area contributed by atoms with Crippen molar-refractivity contribution in [2.24, 2.45) is 0 Å². The van der Waals surface area contributed by atoms with Crippen molar-refractivity contribution in [3.63, 3.8) is 0 Å². The molecule has 3 rings (SSSR count). The average Bonchev–Trinajstić information content (AvgIpc) is 2.95. The van der Waals surface area contributed by atoms with E-state index < -0.39 is 5.25 Å². The maximum atomic E-state index is 12.2. The third kappa shape index (κ3) is 3.76. The van der Waals surface area contributed by atoms with Crippen LogP contribution < -0.4 is 10.6 Å². The molecule has 1 aliphatic rings. The molecule has 0 aliphatic carbocycles. The molecule has 5 nitrogen and oxygen atoms in total. The number of thioether (sulfide) groups is 1. The highest BCUT2D eigenvalue weighted by Crippen LogP contribution is 2.38. The summed E-state index contributed by atoms with van der Waals surface area (Å²) in [6.45, 7) is 3.70. The number of hydrogen-bond acceptors (Lipinski definition) is 4. The molecule has 126 valence electrons. The Kier molecular flexibility index (Phi) is 4.87. The monoisotopic (exact) mass is 364 g/mol. The maximum absolute atomic E-state index is 12.2. The van der Waals surface area contributed by atoms with Crippen molar-refractivity contribution >= 4 is 40.9 Å². The molecule has 2 N–H and O–H groups in total. The summed E-state index contributed by atoms with van der Waals surface area (Å²) in [5.74, 6) is 1.11. The lowest BCUT2D eigenvalue weighted by atomic mass is 10.2. The number of carbonyl (C=O) groups is 2. The SMILES string of the molecule is Cc1ccc(C(C)NC(=O)CC2Sc3ccc(Cl)cc3NC2=O)o1. The Labute approximate surface area is 149 Å². The smallest absolute Gasteiger partial charge is 0.238 e. The Bertz CT molecular complexity index is 790. The van der Waals surface area contributed by atoms with E-state index in [4.69, 9.17) is 16.0 Å². The van der Waals surface area contributed by atoms with E-state index >= 15 is 0 Å². The third-order valence-electron chi connectivity index (χ3n) is 3.70. The van der Waals surface area contributed by atoms with Gasteiger partial charge in [-0.15, -0.1) is 11.8 Å². The second-order valence-electron chi connectivity index (χ2n) is 5.68. The van der Waals surface area contributed by atoms with Gasteiger partial charge in [0.05, 0.1) is 17.0 Å². The fourth-order valence-corrected chi connectivity index (χ4v) is 3.75. The Morgan fingerprint density at radius 2 is 2.21 bits per heavy atom. The molecule has 0 radical (unpaired) electrons. The predicted octanol–water partition coefficient (Wildman–Crippen LogP) is 3.92. The molecule has 1 aliphatic heterocycles. The van der Waals surface area contributed by atoms with Gasteiger partial charge in [0.1, 0.15) is 11.5 Å². The van der Waals surface area contributed by atoms with Crippen LogP contribution in [0.4, 0.5) is 5.69 Å². The summed E-state index contributed by atoms with van der Waals surface area (Å²) in [4.78, 5) is 25.3. The van der Waals surface area contributed by atoms with Crippen molar-refractivity contribution in [2.45, 2.75) is 36.5 Å². The van der Waals surface area contributed by atoms with Crippen molar-refractivity contribution in [3.8, 4) is 0 Å². The van der Waals surface area contributed by atoms with Crippen LogP contribution in [0, 0.1) is 6.92 Å². The van der Waals surface area contributed by atoms with Gasteiger partial charge in [-0.05, 0) is 44.2 Å². The second kappa shape index (κ2) is 6.91. The molecule has 2 aromatic rings. The molecule has 2 amide bonds. The molecule has 0 saturated heterocycles. The molecule has 0 bridgehead atoms. The zero-order valence-electron chi connectivity index (χ0n) is 13.3. The molecule has 1 aromatic carbocycles. The van der Waals surface area contributed by atoms with Gasteiger partial charge >= 0.3 is 0 Å². The van der Waals surface area contributed by atoms with E-state index in [0.29, 0.717) is 16.5 Å². The van der Waals surface area contributed by atoms with Crippen LogP contribution in [0.3, 0.4) is 0 Å². The lowest BCUT2D eigenvalue weighted by Crippen LogP contribution is -2.35. The molecular formula is C17H17ClN2O3S. The lowest BCUT2D eigenvalue weighted by molar-refractivity contribution is -0.124. The van der Waals surface area contributed by atoms with Gasteiger partial charge in [-0.2, -0.15) is 0 Å². The molecule has 1 aromatic heterocycles. The Balaban J connectivity index is 1.62. The zero-order valence-corrected chi connectivity index (χ0v) is 14.8. The molecule has 2 heterocycles. The summed E-state index contributed by atoms with van der Waals surface area (Å²) in [5.41, 5.74) is 0.689. The quantitative estimate of drug-likeness (QED) is 0.862. The lowest BCUT2D eigenvalue weighted by Gasteiger charge is -2.24. The van der Waals surface area contributed by atoms with Crippen LogP contribution in [0.15, 0.2) is 39.6 Å². The maximum Gasteiger partial charge on any atom is 0.238 e. The van der Waals surface area contributed by atoms with E-state index in [1.54, 1.807) is 12.1 Å². The topological polar surface area (TPSA) is 71.3 Å². The molecule has 2 atom stereocenters. The number of fused-ring (bicyclic) bond motifs is 1. The first-order chi connectivity index (χ1) is 11.4. The number of halogens is 1. The molecule has 7 heteroatoms. The van der Waals surface area contributed by atoms with Gasteiger partial charge < -0.3 is 15.1 Å². The van der Waals surface area contributed by atoms with Crippen molar-refractivity contribution in [2.75, 3.05) is 5.32 Å². The minimum absolute atomic E-state index is 0.0998.